The Morgan fingerprint density at radius 1 is 1.08 bits per heavy atom. The number of thiazole rings is 1. The van der Waals surface area contributed by atoms with Crippen LogP contribution in [0.4, 0.5) is 0 Å². The Bertz CT molecular complexity index is 1580. The maximum Gasteiger partial charge on any atom is 0.359 e. The first kappa shape index (κ1) is 24.1. The Labute approximate surface area is 218 Å². The van der Waals surface area contributed by atoms with Crippen LogP contribution in [-0.4, -0.2) is 60.0 Å². The molecule has 9 nitrogen and oxygen atoms in total. The molecule has 0 spiro atoms. The number of hydrogen-bond donors (Lipinski definition) is 0. The Morgan fingerprint density at radius 2 is 1.84 bits per heavy atom. The van der Waals surface area contributed by atoms with E-state index in [2.05, 4.69) is 15.0 Å². The van der Waals surface area contributed by atoms with Crippen LogP contribution < -0.4 is 4.28 Å². The van der Waals surface area contributed by atoms with Gasteiger partial charge in [-0.3, -0.25) is 9.18 Å². The van der Waals surface area contributed by atoms with E-state index in [4.69, 9.17) is 9.02 Å². The van der Waals surface area contributed by atoms with Crippen molar-refractivity contribution in [2.45, 2.75) is 37.7 Å². The lowest BCUT2D eigenvalue weighted by Crippen LogP contribution is -2.51. The maximum absolute atomic E-state index is 13.3. The second-order valence-corrected chi connectivity index (χ2v) is 12.4. The van der Waals surface area contributed by atoms with Gasteiger partial charge < -0.3 is 4.74 Å². The number of aryl methyl sites for hydroxylation is 2. The van der Waals surface area contributed by atoms with Crippen molar-refractivity contribution in [1.29, 1.82) is 0 Å². The Kier molecular flexibility index (Phi) is 6.01. The average molecular weight is 539 g/mol. The third-order valence-corrected chi connectivity index (χ3v) is 9.19. The van der Waals surface area contributed by atoms with Crippen LogP contribution in [0.25, 0.3) is 21.5 Å². The molecular weight excluding hydrogens is 512 g/mol. The van der Waals surface area contributed by atoms with Crippen molar-refractivity contribution in [2.75, 3.05) is 19.6 Å². The molecule has 2 aromatic heterocycles. The summed E-state index contributed by atoms with van der Waals surface area (Å²) in [5, 5.41) is 5.51. The summed E-state index contributed by atoms with van der Waals surface area (Å²) >= 11 is 1.51. The summed E-state index contributed by atoms with van der Waals surface area (Å²) in [5.74, 6) is -0.253. The predicted molar refractivity (Wildman–Crippen MR) is 139 cm³/mol. The molecule has 0 radical (unpaired) electrons. The van der Waals surface area contributed by atoms with Gasteiger partial charge in [0.2, 0.25) is 0 Å². The number of carbonyl (C=O) groups excluding carboxylic acids is 1. The fourth-order valence-electron chi connectivity index (χ4n) is 5.00. The van der Waals surface area contributed by atoms with Gasteiger partial charge >= 0.3 is 16.1 Å². The molecule has 37 heavy (non-hydrogen) atoms. The van der Waals surface area contributed by atoms with Gasteiger partial charge in [0, 0.05) is 28.6 Å². The van der Waals surface area contributed by atoms with Crippen molar-refractivity contribution in [3.8, 4) is 10.6 Å². The highest BCUT2D eigenvalue weighted by molar-refractivity contribution is 7.87. The summed E-state index contributed by atoms with van der Waals surface area (Å²) in [6, 6.07) is 11.6. The van der Waals surface area contributed by atoms with Gasteiger partial charge in [0.15, 0.2) is 5.69 Å². The molecule has 192 valence electrons. The summed E-state index contributed by atoms with van der Waals surface area (Å²) in [5.41, 5.74) is 2.04. The van der Waals surface area contributed by atoms with Crippen LogP contribution in [0, 0.1) is 19.8 Å². The van der Waals surface area contributed by atoms with Crippen molar-refractivity contribution in [2.24, 2.45) is 5.92 Å². The minimum Gasteiger partial charge on any atom is -0.456 e. The summed E-state index contributed by atoms with van der Waals surface area (Å²) in [4.78, 5) is 22.0. The van der Waals surface area contributed by atoms with Gasteiger partial charge in [-0.1, -0.05) is 28.6 Å². The molecule has 0 unspecified atom stereocenters. The van der Waals surface area contributed by atoms with Gasteiger partial charge in [0.1, 0.15) is 21.5 Å². The van der Waals surface area contributed by atoms with Crippen molar-refractivity contribution >= 4 is 38.3 Å². The molecule has 7 rings (SSSR count). The van der Waals surface area contributed by atoms with Crippen LogP contribution in [0.15, 0.2) is 53.6 Å². The molecule has 2 bridgehead atoms. The first-order chi connectivity index (χ1) is 17.8. The highest BCUT2D eigenvalue weighted by atomic mass is 32.2. The lowest BCUT2D eigenvalue weighted by molar-refractivity contribution is -0.0459. The van der Waals surface area contributed by atoms with Crippen LogP contribution in [0.2, 0.25) is 0 Å². The summed E-state index contributed by atoms with van der Waals surface area (Å²) < 4.78 is 37.5. The summed E-state index contributed by atoms with van der Waals surface area (Å²) in [7, 11) is -4.21. The molecule has 11 heteroatoms. The third-order valence-electron chi connectivity index (χ3n) is 7.04. The van der Waals surface area contributed by atoms with Gasteiger partial charge in [-0.05, 0) is 70.0 Å². The second kappa shape index (κ2) is 9.23. The van der Waals surface area contributed by atoms with Crippen LogP contribution in [-0.2, 0) is 14.9 Å². The fraction of sp³-hybridized carbons (Fsp3) is 0.346. The van der Waals surface area contributed by atoms with E-state index in [0.29, 0.717) is 23.4 Å². The van der Waals surface area contributed by atoms with E-state index in [1.165, 1.54) is 23.5 Å². The van der Waals surface area contributed by atoms with Gasteiger partial charge in [-0.15, -0.1) is 16.4 Å². The number of fused-ring (bicyclic) bond motifs is 4. The van der Waals surface area contributed by atoms with Gasteiger partial charge in [0.25, 0.3) is 0 Å². The van der Waals surface area contributed by atoms with Gasteiger partial charge in [-0.25, -0.2) is 9.78 Å². The first-order valence-corrected chi connectivity index (χ1v) is 14.4. The Hall–Kier alpha value is -3.28. The summed E-state index contributed by atoms with van der Waals surface area (Å²) in [6.07, 6.45) is 3.57. The monoisotopic (exact) mass is 538 g/mol. The van der Waals surface area contributed by atoms with Crippen molar-refractivity contribution in [3.05, 3.63) is 64.8 Å². The minimum atomic E-state index is -4.21. The smallest absolute Gasteiger partial charge is 0.359 e. The van der Waals surface area contributed by atoms with Gasteiger partial charge in [-0.2, -0.15) is 8.42 Å². The molecule has 0 aliphatic carbocycles. The molecular formula is C26H26N4O5S2. The number of nitrogens with zero attached hydrogens (tertiary/aromatic N) is 4. The molecule has 2 aromatic carbocycles. The summed E-state index contributed by atoms with van der Waals surface area (Å²) in [6.45, 7) is 6.60. The molecule has 3 aliphatic heterocycles. The Balaban J connectivity index is 1.39. The van der Waals surface area contributed by atoms with Crippen molar-refractivity contribution < 1.29 is 22.2 Å². The predicted octanol–water partition coefficient (Wildman–Crippen LogP) is 3.85. The maximum atomic E-state index is 13.3. The minimum absolute atomic E-state index is 0.00939. The number of rotatable bonds is 6. The zero-order valence-electron chi connectivity index (χ0n) is 20.5. The van der Waals surface area contributed by atoms with Crippen LogP contribution >= 0.6 is 11.3 Å². The van der Waals surface area contributed by atoms with E-state index in [1.807, 2.05) is 19.9 Å². The first-order valence-electron chi connectivity index (χ1n) is 12.2. The Morgan fingerprint density at radius 3 is 2.49 bits per heavy atom. The zero-order chi connectivity index (χ0) is 25.7. The molecule has 0 saturated carbocycles. The normalized spacial score (nSPS) is 21.3. The lowest BCUT2D eigenvalue weighted by atomic mass is 9.86. The van der Waals surface area contributed by atoms with Gasteiger partial charge in [0.05, 0.1) is 0 Å². The number of ether oxygens (including phenoxy) is 1. The molecule has 5 heterocycles. The van der Waals surface area contributed by atoms with E-state index < -0.39 is 16.1 Å². The number of piperidine rings is 3. The molecule has 0 amide bonds. The van der Waals surface area contributed by atoms with Crippen LogP contribution in [0.5, 0.6) is 0 Å². The zero-order valence-corrected chi connectivity index (χ0v) is 22.1. The number of esters is 1. The molecule has 3 saturated heterocycles. The van der Waals surface area contributed by atoms with Crippen molar-refractivity contribution in [1.82, 2.24) is 19.8 Å². The number of carbonyl (C=O) groups is 1. The number of benzene rings is 2. The number of hydrogen-bond acceptors (Lipinski definition) is 9. The molecule has 1 atom stereocenters. The van der Waals surface area contributed by atoms with E-state index in [0.717, 1.165) is 51.8 Å². The highest BCUT2D eigenvalue weighted by Crippen LogP contribution is 2.32. The lowest BCUT2D eigenvalue weighted by Gasteiger charge is -2.43. The average Bonchev–Trinajstić information content (AvgIpc) is 3.48. The standard InChI is InChI=1S/C26H26N4O5S2/c1-16-3-6-20(7-4-16)37(32,33)35-30-22-13-19(25-27-14-17(2)36-25)5-8-21(22)24(28-30)26(31)34-23-15-29-11-9-18(23)10-12-29/h3-8,13-14,18,23H,9-12,15H2,1-2H3/t23-/m1/s1. The fourth-order valence-corrected chi connectivity index (χ4v) is 6.61. The molecule has 0 N–H and O–H groups in total. The largest absolute Gasteiger partial charge is 0.456 e. The van der Waals surface area contributed by atoms with Crippen molar-refractivity contribution in [3.63, 3.8) is 0 Å². The quantitative estimate of drug-likeness (QED) is 0.341. The molecule has 3 aliphatic rings. The number of aromatic nitrogens is 3. The highest BCUT2D eigenvalue weighted by Gasteiger charge is 2.37. The van der Waals surface area contributed by atoms with E-state index in [1.54, 1.807) is 30.5 Å². The van der Waals surface area contributed by atoms with E-state index in [9.17, 15) is 13.2 Å². The molecule has 3 fully saturated rings. The second-order valence-electron chi connectivity index (χ2n) is 9.65. The SMILES string of the molecule is Cc1ccc(S(=O)(=O)On2nc(C(=O)O[C@@H]3CN4CCC3CC4)c3ccc(-c4ncc(C)s4)cc32)cc1. The molecule has 4 aromatic rings. The topological polar surface area (TPSA) is 104 Å². The third kappa shape index (κ3) is 4.62. The van der Waals surface area contributed by atoms with Crippen LogP contribution in [0.1, 0.15) is 33.8 Å². The van der Waals surface area contributed by atoms with Crippen LogP contribution in [0.3, 0.4) is 0 Å². The van der Waals surface area contributed by atoms with E-state index >= 15 is 0 Å². The van der Waals surface area contributed by atoms with E-state index in [-0.39, 0.29) is 16.7 Å².